The van der Waals surface area contributed by atoms with E-state index in [1.807, 2.05) is 12.1 Å². The first-order chi connectivity index (χ1) is 15.7. The van der Waals surface area contributed by atoms with Crippen molar-refractivity contribution >= 4 is 28.4 Å². The third kappa shape index (κ3) is 4.50. The number of primary amides is 1. The first-order valence-electron chi connectivity index (χ1n) is 11.4. The molecule has 0 spiro atoms. The van der Waals surface area contributed by atoms with E-state index in [0.717, 1.165) is 22.2 Å². The van der Waals surface area contributed by atoms with Crippen molar-refractivity contribution < 1.29 is 14.0 Å². The fourth-order valence-electron chi connectivity index (χ4n) is 4.84. The number of carbonyl (C=O) groups excluding carboxylic acids is 2. The fraction of sp³-hybridized carbons (Fsp3) is 0.385. The summed E-state index contributed by atoms with van der Waals surface area (Å²) in [6.07, 6.45) is 3.87. The van der Waals surface area contributed by atoms with E-state index in [1.165, 1.54) is 38.1 Å². The van der Waals surface area contributed by atoms with Gasteiger partial charge >= 0.3 is 0 Å². The molecule has 3 aromatic rings. The van der Waals surface area contributed by atoms with Crippen LogP contribution in [0.1, 0.15) is 54.0 Å². The highest BCUT2D eigenvalue weighted by Gasteiger charge is 2.35. The van der Waals surface area contributed by atoms with Gasteiger partial charge in [0.2, 0.25) is 5.91 Å². The minimum Gasteiger partial charge on any atom is -0.387 e. The molecule has 1 fully saturated rings. The van der Waals surface area contributed by atoms with Crippen LogP contribution >= 0.6 is 0 Å². The summed E-state index contributed by atoms with van der Waals surface area (Å²) in [5, 5.41) is 7.05. The smallest absolute Gasteiger partial charge is 0.250 e. The molecular weight excluding hydrogens is 419 g/mol. The van der Waals surface area contributed by atoms with Gasteiger partial charge in [-0.15, -0.1) is 0 Å². The highest BCUT2D eigenvalue weighted by Crippen LogP contribution is 2.43. The zero-order valence-corrected chi connectivity index (χ0v) is 19.4. The highest BCUT2D eigenvalue weighted by molar-refractivity contribution is 6.06. The lowest BCUT2D eigenvalue weighted by molar-refractivity contribution is 0.0816. The molecule has 0 saturated carbocycles. The number of nitrogens with zero attached hydrogens (tertiary/aromatic N) is 1. The molecule has 174 valence electrons. The third-order valence-corrected chi connectivity index (χ3v) is 6.35. The monoisotopic (exact) mass is 450 g/mol. The van der Waals surface area contributed by atoms with Crippen molar-refractivity contribution in [3.05, 3.63) is 53.5 Å². The van der Waals surface area contributed by atoms with Gasteiger partial charge in [0.25, 0.3) is 5.91 Å². The maximum atomic E-state index is 14.0. The molecule has 33 heavy (non-hydrogen) atoms. The number of nitrogens with one attached hydrogen (secondary N) is 2. The van der Waals surface area contributed by atoms with E-state index in [-0.39, 0.29) is 17.1 Å². The van der Waals surface area contributed by atoms with Gasteiger partial charge < -0.3 is 16.4 Å². The maximum Gasteiger partial charge on any atom is 0.250 e. The molecule has 2 aromatic carbocycles. The Labute approximate surface area is 193 Å². The average Bonchev–Trinajstić information content (AvgIpc) is 3.42. The van der Waals surface area contributed by atoms with Crippen LogP contribution in [0.2, 0.25) is 0 Å². The molecule has 1 saturated heterocycles. The lowest BCUT2D eigenvalue weighted by atomic mass is 9.80. The first-order valence-corrected chi connectivity index (χ1v) is 11.4. The van der Waals surface area contributed by atoms with Crippen LogP contribution in [0.25, 0.3) is 22.0 Å². The van der Waals surface area contributed by atoms with Crippen LogP contribution < -0.4 is 16.4 Å². The molecule has 4 N–H and O–H groups in total. The minimum atomic E-state index is -0.516. The highest BCUT2D eigenvalue weighted by atomic mass is 19.1. The first kappa shape index (κ1) is 23.0. The van der Waals surface area contributed by atoms with Crippen LogP contribution in [0, 0.1) is 11.2 Å². The summed E-state index contributed by atoms with van der Waals surface area (Å²) < 4.78 is 15.6. The van der Waals surface area contributed by atoms with E-state index in [9.17, 15) is 14.0 Å². The lowest BCUT2D eigenvalue weighted by Crippen LogP contribution is -2.31. The van der Waals surface area contributed by atoms with Gasteiger partial charge in [-0.3, -0.25) is 14.2 Å². The normalized spacial score (nSPS) is 16.8. The van der Waals surface area contributed by atoms with E-state index in [1.54, 1.807) is 23.7 Å². The third-order valence-electron chi connectivity index (χ3n) is 6.35. The van der Waals surface area contributed by atoms with Gasteiger partial charge in [-0.25, -0.2) is 4.39 Å². The number of benzene rings is 2. The zero-order valence-electron chi connectivity index (χ0n) is 19.4. The van der Waals surface area contributed by atoms with E-state index >= 15 is 0 Å². The molecule has 1 amide bonds. The van der Waals surface area contributed by atoms with Gasteiger partial charge in [-0.05, 0) is 73.7 Å². The number of amides is 1. The van der Waals surface area contributed by atoms with Crippen LogP contribution in [0.4, 0.5) is 10.1 Å². The van der Waals surface area contributed by atoms with Crippen LogP contribution in [-0.4, -0.2) is 36.5 Å². The number of rotatable bonds is 3. The van der Waals surface area contributed by atoms with Gasteiger partial charge in [0.15, 0.2) is 0 Å². The van der Waals surface area contributed by atoms with Crippen molar-refractivity contribution in [1.29, 1.82) is 0 Å². The van der Waals surface area contributed by atoms with Crippen molar-refractivity contribution in [2.24, 2.45) is 11.1 Å². The predicted molar refractivity (Wildman–Crippen MR) is 130 cm³/mol. The average molecular weight is 451 g/mol. The van der Waals surface area contributed by atoms with E-state index < -0.39 is 5.91 Å². The molecule has 6 nitrogen and oxygen atoms in total. The second-order valence-corrected chi connectivity index (χ2v) is 9.56. The number of hydrogen-bond donors (Lipinski definition) is 3. The van der Waals surface area contributed by atoms with Crippen molar-refractivity contribution in [3.63, 3.8) is 0 Å². The second kappa shape index (κ2) is 8.98. The Kier molecular flexibility index (Phi) is 6.26. The van der Waals surface area contributed by atoms with Gasteiger partial charge in [0.05, 0.1) is 11.1 Å². The van der Waals surface area contributed by atoms with Crippen molar-refractivity contribution in [2.45, 2.75) is 39.5 Å². The molecule has 2 aliphatic rings. The van der Waals surface area contributed by atoms with Gasteiger partial charge in [-0.2, -0.15) is 0 Å². The summed E-state index contributed by atoms with van der Waals surface area (Å²) in [5.74, 6) is -0.925. The molecule has 0 bridgehead atoms. The largest absolute Gasteiger partial charge is 0.387 e. The van der Waals surface area contributed by atoms with Gasteiger partial charge in [0, 0.05) is 35.8 Å². The molecule has 0 radical (unpaired) electrons. The van der Waals surface area contributed by atoms with Crippen molar-refractivity contribution in [2.75, 3.05) is 25.5 Å². The summed E-state index contributed by atoms with van der Waals surface area (Å²) in [5.41, 5.74) is 9.48. The number of halogens is 1. The Morgan fingerprint density at radius 3 is 2.45 bits per heavy atom. The fourth-order valence-corrected chi connectivity index (χ4v) is 4.84. The summed E-state index contributed by atoms with van der Waals surface area (Å²) >= 11 is 0. The summed E-state index contributed by atoms with van der Waals surface area (Å²) in [4.78, 5) is 24.6. The summed E-state index contributed by atoms with van der Waals surface area (Å²) in [7, 11) is 1.72. The molecule has 0 unspecified atom stereocenters. The maximum absolute atomic E-state index is 14.0. The molecular formula is C26H31FN4O2. The van der Waals surface area contributed by atoms with Crippen LogP contribution in [0.3, 0.4) is 0 Å². The Hall–Kier alpha value is -3.19. The van der Waals surface area contributed by atoms with Crippen molar-refractivity contribution in [1.82, 2.24) is 9.88 Å². The molecule has 1 aromatic heterocycles. The van der Waals surface area contributed by atoms with Crippen LogP contribution in [-0.2, 0) is 6.42 Å². The Balaban J connectivity index is 0.000000459. The topological polar surface area (TPSA) is 89.2 Å². The molecule has 7 heteroatoms. The number of aromatic nitrogens is 1. The second-order valence-electron chi connectivity index (χ2n) is 9.56. The SMILES string of the molecule is C1CCNC1.CNc1cc(-c2c3n(c4cc(F)ccc24)C(=O)CC(C)(C)C3)ccc1C(N)=O. The molecule has 3 heterocycles. The number of anilines is 1. The molecule has 0 atom stereocenters. The molecule has 2 aliphatic heterocycles. The summed E-state index contributed by atoms with van der Waals surface area (Å²) in [6, 6.07) is 9.89. The number of nitrogens with two attached hydrogens (primary N) is 1. The van der Waals surface area contributed by atoms with Crippen LogP contribution in [0.15, 0.2) is 36.4 Å². The van der Waals surface area contributed by atoms with E-state index in [0.29, 0.717) is 29.6 Å². The van der Waals surface area contributed by atoms with Crippen LogP contribution in [0.5, 0.6) is 0 Å². The van der Waals surface area contributed by atoms with E-state index in [4.69, 9.17) is 5.73 Å². The Bertz CT molecular complexity index is 1220. The van der Waals surface area contributed by atoms with E-state index in [2.05, 4.69) is 24.5 Å². The standard InChI is InChI=1S/C22H22FN3O2.C4H9N/c1-22(2)10-18-20(12-4-6-14(21(24)28)16(8-12)25-3)15-7-5-13(23)9-17(15)26(18)19(27)11-22;1-2-4-5-3-1/h4-9,25H,10-11H2,1-3H3,(H2,24,28);5H,1-4H2. The molecule has 0 aliphatic carbocycles. The molecule has 5 rings (SSSR count). The Morgan fingerprint density at radius 1 is 1.12 bits per heavy atom. The zero-order chi connectivity index (χ0) is 23.8. The number of carbonyl (C=O) groups is 2. The number of hydrogen-bond acceptors (Lipinski definition) is 4. The predicted octanol–water partition coefficient (Wildman–Crippen LogP) is 4.57. The lowest BCUT2D eigenvalue weighted by Gasteiger charge is -2.30. The van der Waals surface area contributed by atoms with Crippen molar-refractivity contribution in [3.8, 4) is 11.1 Å². The Morgan fingerprint density at radius 2 is 1.85 bits per heavy atom. The number of fused-ring (bicyclic) bond motifs is 3. The quantitative estimate of drug-likeness (QED) is 0.545. The minimum absolute atomic E-state index is 0.0318. The van der Waals surface area contributed by atoms with Gasteiger partial charge in [0.1, 0.15) is 5.82 Å². The summed E-state index contributed by atoms with van der Waals surface area (Å²) in [6.45, 7) is 6.62. The van der Waals surface area contributed by atoms with Gasteiger partial charge in [-0.1, -0.05) is 19.9 Å².